The van der Waals surface area contributed by atoms with Crippen molar-refractivity contribution < 1.29 is 9.53 Å². The molecule has 1 saturated heterocycles. The van der Waals surface area contributed by atoms with Crippen LogP contribution in [-0.4, -0.2) is 24.7 Å². The zero-order valence-electron chi connectivity index (χ0n) is 8.89. The summed E-state index contributed by atoms with van der Waals surface area (Å²) in [6.07, 6.45) is 0. The highest BCUT2D eigenvalue weighted by Crippen LogP contribution is 2.28. The van der Waals surface area contributed by atoms with Gasteiger partial charge in [0.15, 0.2) is 0 Å². The van der Waals surface area contributed by atoms with Crippen molar-refractivity contribution in [1.82, 2.24) is 5.32 Å². The first-order valence-corrected chi connectivity index (χ1v) is 4.88. The molecular weight excluding hydrogens is 166 g/mol. The lowest BCUT2D eigenvalue weighted by atomic mass is 9.77. The molecule has 13 heavy (non-hydrogen) atoms. The van der Waals surface area contributed by atoms with Crippen LogP contribution in [0.1, 0.15) is 27.7 Å². The van der Waals surface area contributed by atoms with Gasteiger partial charge in [0.1, 0.15) is 6.61 Å². The molecule has 0 unspecified atom stereocenters. The van der Waals surface area contributed by atoms with Gasteiger partial charge in [-0.3, -0.25) is 4.79 Å². The number of hydrogen-bond acceptors (Lipinski definition) is 2. The molecule has 76 valence electrons. The van der Waals surface area contributed by atoms with Crippen LogP contribution < -0.4 is 5.32 Å². The number of amides is 1. The lowest BCUT2D eigenvalue weighted by Crippen LogP contribution is -2.63. The van der Waals surface area contributed by atoms with Crippen molar-refractivity contribution in [3.05, 3.63) is 0 Å². The highest BCUT2D eigenvalue weighted by Gasteiger charge is 2.41. The molecule has 1 heterocycles. The molecule has 1 aliphatic heterocycles. The molecular formula is C10H19NO2. The average Bonchev–Trinajstić information content (AvgIpc) is 2.03. The van der Waals surface area contributed by atoms with Crippen LogP contribution in [0.2, 0.25) is 0 Å². The van der Waals surface area contributed by atoms with E-state index in [1.54, 1.807) is 0 Å². The summed E-state index contributed by atoms with van der Waals surface area (Å²) in [6.45, 7) is 9.32. The van der Waals surface area contributed by atoms with E-state index < -0.39 is 0 Å². The number of hydrogen-bond donors (Lipinski definition) is 1. The van der Waals surface area contributed by atoms with Crippen LogP contribution in [0, 0.1) is 11.8 Å². The minimum absolute atomic E-state index is 0.00801. The van der Waals surface area contributed by atoms with Gasteiger partial charge in [0.2, 0.25) is 5.91 Å². The molecule has 0 aromatic rings. The summed E-state index contributed by atoms with van der Waals surface area (Å²) in [5, 5.41) is 3.06. The molecule has 1 aliphatic rings. The van der Waals surface area contributed by atoms with E-state index in [0.717, 1.165) is 0 Å². The van der Waals surface area contributed by atoms with E-state index >= 15 is 0 Å². The Bertz CT molecular complexity index is 191. The molecule has 3 heteroatoms. The predicted molar refractivity (Wildman–Crippen MR) is 51.4 cm³/mol. The number of rotatable bonds is 2. The Morgan fingerprint density at radius 2 is 1.85 bits per heavy atom. The SMILES string of the molecule is CC(C)C1(C(C)C)COCC(=O)N1. The number of morpholine rings is 1. The van der Waals surface area contributed by atoms with Crippen LogP contribution in [0.25, 0.3) is 0 Å². The topological polar surface area (TPSA) is 38.3 Å². The number of ether oxygens (including phenoxy) is 1. The minimum atomic E-state index is -0.171. The van der Waals surface area contributed by atoms with Crippen molar-refractivity contribution in [3.63, 3.8) is 0 Å². The smallest absolute Gasteiger partial charge is 0.246 e. The Morgan fingerprint density at radius 1 is 1.31 bits per heavy atom. The fourth-order valence-electron chi connectivity index (χ4n) is 1.93. The molecule has 0 saturated carbocycles. The van der Waals surface area contributed by atoms with Crippen molar-refractivity contribution >= 4 is 5.91 Å². The molecule has 0 aliphatic carbocycles. The molecule has 0 spiro atoms. The van der Waals surface area contributed by atoms with Gasteiger partial charge in [-0.1, -0.05) is 27.7 Å². The standard InChI is InChI=1S/C10H19NO2/c1-7(2)10(8(3)4)6-13-5-9(12)11-10/h7-8H,5-6H2,1-4H3,(H,11,12). The Labute approximate surface area is 79.8 Å². The average molecular weight is 185 g/mol. The van der Waals surface area contributed by atoms with Gasteiger partial charge in [-0.05, 0) is 11.8 Å². The third-order valence-corrected chi connectivity index (χ3v) is 3.01. The van der Waals surface area contributed by atoms with E-state index in [0.29, 0.717) is 18.4 Å². The van der Waals surface area contributed by atoms with Crippen molar-refractivity contribution in [3.8, 4) is 0 Å². The fraction of sp³-hybridized carbons (Fsp3) is 0.900. The van der Waals surface area contributed by atoms with E-state index in [2.05, 4.69) is 33.0 Å². The van der Waals surface area contributed by atoms with Gasteiger partial charge in [0.25, 0.3) is 0 Å². The van der Waals surface area contributed by atoms with Gasteiger partial charge < -0.3 is 10.1 Å². The molecule has 0 aromatic heterocycles. The Balaban J connectivity index is 2.83. The lowest BCUT2D eigenvalue weighted by Gasteiger charge is -2.44. The fourth-order valence-corrected chi connectivity index (χ4v) is 1.93. The van der Waals surface area contributed by atoms with Crippen molar-refractivity contribution in [2.45, 2.75) is 33.2 Å². The normalized spacial score (nSPS) is 22.2. The van der Waals surface area contributed by atoms with Crippen molar-refractivity contribution in [2.24, 2.45) is 11.8 Å². The van der Waals surface area contributed by atoms with Gasteiger partial charge in [0.05, 0.1) is 12.1 Å². The van der Waals surface area contributed by atoms with Crippen LogP contribution in [0.15, 0.2) is 0 Å². The van der Waals surface area contributed by atoms with E-state index in [9.17, 15) is 4.79 Å². The largest absolute Gasteiger partial charge is 0.369 e. The van der Waals surface area contributed by atoms with E-state index in [-0.39, 0.29) is 18.1 Å². The van der Waals surface area contributed by atoms with Crippen LogP contribution in [0.5, 0.6) is 0 Å². The van der Waals surface area contributed by atoms with Gasteiger partial charge in [-0.2, -0.15) is 0 Å². The monoisotopic (exact) mass is 185 g/mol. The Kier molecular flexibility index (Phi) is 2.96. The second kappa shape index (κ2) is 3.66. The highest BCUT2D eigenvalue weighted by molar-refractivity contribution is 5.78. The van der Waals surface area contributed by atoms with Gasteiger partial charge >= 0.3 is 0 Å². The van der Waals surface area contributed by atoms with Gasteiger partial charge in [-0.15, -0.1) is 0 Å². The maximum absolute atomic E-state index is 11.3. The predicted octanol–water partition coefficient (Wildman–Crippen LogP) is 1.18. The summed E-state index contributed by atoms with van der Waals surface area (Å²) >= 11 is 0. The molecule has 1 fully saturated rings. The number of nitrogens with one attached hydrogen (secondary N) is 1. The zero-order chi connectivity index (χ0) is 10.1. The molecule has 1 N–H and O–H groups in total. The molecule has 3 nitrogen and oxygen atoms in total. The third-order valence-electron chi connectivity index (χ3n) is 3.01. The molecule has 0 aromatic carbocycles. The quantitative estimate of drug-likeness (QED) is 0.701. The maximum Gasteiger partial charge on any atom is 0.246 e. The number of carbonyl (C=O) groups excluding carboxylic acids is 1. The van der Waals surface area contributed by atoms with E-state index in [4.69, 9.17) is 4.74 Å². The molecule has 0 bridgehead atoms. The second-order valence-corrected chi connectivity index (χ2v) is 4.39. The molecule has 1 rings (SSSR count). The Morgan fingerprint density at radius 3 is 2.15 bits per heavy atom. The zero-order valence-corrected chi connectivity index (χ0v) is 8.89. The first kappa shape index (κ1) is 10.5. The summed E-state index contributed by atoms with van der Waals surface area (Å²) < 4.78 is 5.31. The van der Waals surface area contributed by atoms with E-state index in [1.807, 2.05) is 0 Å². The summed E-state index contributed by atoms with van der Waals surface area (Å²) in [4.78, 5) is 11.3. The minimum Gasteiger partial charge on any atom is -0.369 e. The van der Waals surface area contributed by atoms with Crippen molar-refractivity contribution in [1.29, 1.82) is 0 Å². The molecule has 0 radical (unpaired) electrons. The van der Waals surface area contributed by atoms with E-state index in [1.165, 1.54) is 0 Å². The van der Waals surface area contributed by atoms with Crippen LogP contribution >= 0.6 is 0 Å². The maximum atomic E-state index is 11.3. The molecule has 0 atom stereocenters. The summed E-state index contributed by atoms with van der Waals surface area (Å²) in [5.74, 6) is 0.808. The molecule has 1 amide bonds. The van der Waals surface area contributed by atoms with Crippen LogP contribution in [0.4, 0.5) is 0 Å². The second-order valence-electron chi connectivity index (χ2n) is 4.39. The van der Waals surface area contributed by atoms with Gasteiger partial charge in [-0.25, -0.2) is 0 Å². The third kappa shape index (κ3) is 1.85. The van der Waals surface area contributed by atoms with Gasteiger partial charge in [0, 0.05) is 0 Å². The summed E-state index contributed by atoms with van der Waals surface area (Å²) in [5.41, 5.74) is -0.171. The van der Waals surface area contributed by atoms with Crippen LogP contribution in [0.3, 0.4) is 0 Å². The lowest BCUT2D eigenvalue weighted by molar-refractivity contribution is -0.139. The highest BCUT2D eigenvalue weighted by atomic mass is 16.5. The first-order valence-electron chi connectivity index (χ1n) is 4.88. The van der Waals surface area contributed by atoms with Crippen LogP contribution in [-0.2, 0) is 9.53 Å². The first-order chi connectivity index (χ1) is 5.99. The summed E-state index contributed by atoms with van der Waals surface area (Å²) in [7, 11) is 0. The Hall–Kier alpha value is -0.570. The summed E-state index contributed by atoms with van der Waals surface area (Å²) in [6, 6.07) is 0. The number of carbonyl (C=O) groups is 1. The van der Waals surface area contributed by atoms with Crippen molar-refractivity contribution in [2.75, 3.05) is 13.2 Å².